The molecule has 1 heterocycles. The summed E-state index contributed by atoms with van der Waals surface area (Å²) in [7, 11) is 0. The summed E-state index contributed by atoms with van der Waals surface area (Å²) in [6, 6.07) is -0.109. The third kappa shape index (κ3) is 5.28. The molecular formula is C12H21N3OS. The summed E-state index contributed by atoms with van der Waals surface area (Å²) in [4.78, 5) is 15.8. The molecule has 1 atom stereocenters. The van der Waals surface area contributed by atoms with Crippen LogP contribution in [0, 0.1) is 5.41 Å². The Morgan fingerprint density at radius 2 is 2.29 bits per heavy atom. The van der Waals surface area contributed by atoms with Crippen molar-refractivity contribution < 1.29 is 4.79 Å². The number of hydrogen-bond acceptors (Lipinski definition) is 4. The van der Waals surface area contributed by atoms with Gasteiger partial charge in [0.05, 0.1) is 11.2 Å². The number of carbonyl (C=O) groups is 1. The van der Waals surface area contributed by atoms with Crippen LogP contribution in [0.25, 0.3) is 0 Å². The lowest BCUT2D eigenvalue weighted by atomic mass is 9.85. The Kier molecular flexibility index (Phi) is 5.08. The highest BCUT2D eigenvalue weighted by Gasteiger charge is 2.22. The molecule has 1 aromatic heterocycles. The third-order valence-electron chi connectivity index (χ3n) is 2.70. The Hall–Kier alpha value is -0.940. The summed E-state index contributed by atoms with van der Waals surface area (Å²) in [6.07, 6.45) is 1.15. The van der Waals surface area contributed by atoms with Crippen LogP contribution in [0.4, 0.5) is 0 Å². The lowest BCUT2D eigenvalue weighted by molar-refractivity contribution is -0.121. The second-order valence-electron chi connectivity index (χ2n) is 5.26. The lowest BCUT2D eigenvalue weighted by Gasteiger charge is -2.26. The normalized spacial score (nSPS) is 13.4. The van der Waals surface area contributed by atoms with Gasteiger partial charge >= 0.3 is 0 Å². The molecule has 1 amide bonds. The fourth-order valence-corrected chi connectivity index (χ4v) is 1.86. The number of thiazole rings is 1. The van der Waals surface area contributed by atoms with Crippen LogP contribution in [0.2, 0.25) is 0 Å². The first-order chi connectivity index (χ1) is 7.89. The maximum atomic E-state index is 11.6. The molecular weight excluding hydrogens is 234 g/mol. The minimum atomic E-state index is -0.109. The van der Waals surface area contributed by atoms with Gasteiger partial charge in [0.25, 0.3) is 0 Å². The number of hydrogen-bond donors (Lipinski definition) is 2. The Balaban J connectivity index is 2.22. The predicted molar refractivity (Wildman–Crippen MR) is 70.9 cm³/mol. The van der Waals surface area contributed by atoms with Gasteiger partial charge in [-0.25, -0.2) is 4.98 Å². The van der Waals surface area contributed by atoms with E-state index < -0.39 is 0 Å². The fourth-order valence-electron chi connectivity index (χ4n) is 1.27. The van der Waals surface area contributed by atoms with Crippen LogP contribution in [0.3, 0.4) is 0 Å². The van der Waals surface area contributed by atoms with Gasteiger partial charge in [0.1, 0.15) is 0 Å². The molecule has 96 valence electrons. The summed E-state index contributed by atoms with van der Waals surface area (Å²) in [5, 5.41) is 4.86. The summed E-state index contributed by atoms with van der Waals surface area (Å²) >= 11 is 1.57. The quantitative estimate of drug-likeness (QED) is 0.839. The number of carbonyl (C=O) groups excluding carboxylic acids is 1. The first-order valence-corrected chi connectivity index (χ1v) is 6.73. The van der Waals surface area contributed by atoms with Crippen LogP contribution in [0.1, 0.15) is 32.9 Å². The molecule has 0 aliphatic carbocycles. The van der Waals surface area contributed by atoms with Gasteiger partial charge in [-0.2, -0.15) is 0 Å². The lowest BCUT2D eigenvalue weighted by Crippen LogP contribution is -2.40. The van der Waals surface area contributed by atoms with Crippen molar-refractivity contribution in [2.45, 2.75) is 39.7 Å². The van der Waals surface area contributed by atoms with Crippen LogP contribution in [0.5, 0.6) is 0 Å². The van der Waals surface area contributed by atoms with E-state index >= 15 is 0 Å². The topological polar surface area (TPSA) is 68.0 Å². The minimum Gasteiger partial charge on any atom is -0.356 e. The number of rotatable bonds is 5. The van der Waals surface area contributed by atoms with Crippen LogP contribution >= 0.6 is 11.3 Å². The molecule has 17 heavy (non-hydrogen) atoms. The SMILES string of the molecule is CC(C)(C)C(N)CC(=O)NCCc1cscn1. The highest BCUT2D eigenvalue weighted by atomic mass is 32.1. The summed E-state index contributed by atoms with van der Waals surface area (Å²) < 4.78 is 0. The van der Waals surface area contributed by atoms with E-state index in [2.05, 4.69) is 10.3 Å². The van der Waals surface area contributed by atoms with Gasteiger partial charge in [0.15, 0.2) is 0 Å². The van der Waals surface area contributed by atoms with E-state index in [1.54, 1.807) is 16.8 Å². The second kappa shape index (κ2) is 6.12. The van der Waals surface area contributed by atoms with E-state index in [-0.39, 0.29) is 17.4 Å². The molecule has 0 saturated heterocycles. The average molecular weight is 255 g/mol. The highest BCUT2D eigenvalue weighted by Crippen LogP contribution is 2.19. The molecule has 4 nitrogen and oxygen atoms in total. The van der Waals surface area contributed by atoms with Gasteiger partial charge in [-0.1, -0.05) is 20.8 Å². The van der Waals surface area contributed by atoms with Gasteiger partial charge in [0, 0.05) is 30.8 Å². The maximum Gasteiger partial charge on any atom is 0.221 e. The summed E-state index contributed by atoms with van der Waals surface area (Å²) in [5.74, 6) is 0.0163. The monoisotopic (exact) mass is 255 g/mol. The molecule has 0 spiro atoms. The van der Waals surface area contributed by atoms with E-state index in [4.69, 9.17) is 5.73 Å². The molecule has 1 unspecified atom stereocenters. The number of nitrogens with one attached hydrogen (secondary N) is 1. The van der Waals surface area contributed by atoms with E-state index in [0.717, 1.165) is 12.1 Å². The minimum absolute atomic E-state index is 0.0163. The van der Waals surface area contributed by atoms with Gasteiger partial charge in [-0.05, 0) is 5.41 Å². The average Bonchev–Trinajstić information content (AvgIpc) is 2.69. The van der Waals surface area contributed by atoms with Crippen molar-refractivity contribution in [2.75, 3.05) is 6.54 Å². The van der Waals surface area contributed by atoms with Gasteiger partial charge < -0.3 is 11.1 Å². The Bertz CT molecular complexity index is 343. The standard InChI is InChI=1S/C12H21N3OS/c1-12(2,3)10(13)6-11(16)14-5-4-9-7-17-8-15-9/h7-8,10H,4-6,13H2,1-3H3,(H,14,16). The van der Waals surface area contributed by atoms with E-state index in [0.29, 0.717) is 13.0 Å². The first kappa shape index (κ1) is 14.1. The Morgan fingerprint density at radius 1 is 1.59 bits per heavy atom. The third-order valence-corrected chi connectivity index (χ3v) is 3.34. The van der Waals surface area contributed by atoms with E-state index in [1.807, 2.05) is 26.2 Å². The summed E-state index contributed by atoms with van der Waals surface area (Å²) in [5.41, 5.74) is 8.73. The van der Waals surface area contributed by atoms with Gasteiger partial charge in [-0.3, -0.25) is 4.79 Å². The zero-order valence-electron chi connectivity index (χ0n) is 10.7. The molecule has 0 radical (unpaired) electrons. The molecule has 1 rings (SSSR count). The van der Waals surface area contributed by atoms with Crippen LogP contribution in [0.15, 0.2) is 10.9 Å². The Labute approximate surface area is 107 Å². The van der Waals surface area contributed by atoms with Crippen LogP contribution in [-0.2, 0) is 11.2 Å². The van der Waals surface area contributed by atoms with Crippen molar-refractivity contribution in [3.05, 3.63) is 16.6 Å². The molecule has 0 saturated carbocycles. The van der Waals surface area contributed by atoms with Crippen LogP contribution < -0.4 is 11.1 Å². The molecule has 0 aromatic carbocycles. The summed E-state index contributed by atoms with van der Waals surface area (Å²) in [6.45, 7) is 6.75. The molecule has 0 bridgehead atoms. The van der Waals surface area contributed by atoms with E-state index in [1.165, 1.54) is 0 Å². The number of amides is 1. The smallest absolute Gasteiger partial charge is 0.221 e. The largest absolute Gasteiger partial charge is 0.356 e. The molecule has 5 heteroatoms. The zero-order valence-corrected chi connectivity index (χ0v) is 11.5. The molecule has 0 fully saturated rings. The predicted octanol–water partition coefficient (Wildman–Crippen LogP) is 1.57. The van der Waals surface area contributed by atoms with Crippen molar-refractivity contribution in [1.82, 2.24) is 10.3 Å². The highest BCUT2D eigenvalue weighted by molar-refractivity contribution is 7.07. The van der Waals surface area contributed by atoms with Gasteiger partial charge in [0.2, 0.25) is 5.91 Å². The Morgan fingerprint density at radius 3 is 2.82 bits per heavy atom. The second-order valence-corrected chi connectivity index (χ2v) is 5.98. The molecule has 0 aliphatic heterocycles. The number of aromatic nitrogens is 1. The van der Waals surface area contributed by atoms with Crippen molar-refractivity contribution in [1.29, 1.82) is 0 Å². The van der Waals surface area contributed by atoms with Crippen LogP contribution in [-0.4, -0.2) is 23.5 Å². The van der Waals surface area contributed by atoms with Crippen molar-refractivity contribution >= 4 is 17.2 Å². The number of nitrogens with zero attached hydrogens (tertiary/aromatic N) is 1. The van der Waals surface area contributed by atoms with Crippen molar-refractivity contribution in [2.24, 2.45) is 11.1 Å². The van der Waals surface area contributed by atoms with Crippen molar-refractivity contribution in [3.8, 4) is 0 Å². The van der Waals surface area contributed by atoms with Gasteiger partial charge in [-0.15, -0.1) is 11.3 Å². The molecule has 1 aromatic rings. The van der Waals surface area contributed by atoms with Crippen molar-refractivity contribution in [3.63, 3.8) is 0 Å². The first-order valence-electron chi connectivity index (χ1n) is 5.79. The number of nitrogens with two attached hydrogens (primary N) is 1. The maximum absolute atomic E-state index is 11.6. The molecule has 3 N–H and O–H groups in total. The molecule has 0 aliphatic rings. The zero-order chi connectivity index (χ0) is 12.9. The fraction of sp³-hybridized carbons (Fsp3) is 0.667. The van der Waals surface area contributed by atoms with E-state index in [9.17, 15) is 4.79 Å².